The molecule has 0 spiro atoms. The van der Waals surface area contributed by atoms with Crippen LogP contribution in [0.4, 0.5) is 0 Å². The van der Waals surface area contributed by atoms with Gasteiger partial charge in [-0.25, -0.2) is 4.98 Å². The van der Waals surface area contributed by atoms with Crippen LogP contribution in [0, 0.1) is 6.33 Å². The van der Waals surface area contributed by atoms with Gasteiger partial charge in [-0.05, 0) is 104 Å². The van der Waals surface area contributed by atoms with Gasteiger partial charge in [0.1, 0.15) is 17.3 Å². The number of aromatic nitrogens is 4. The van der Waals surface area contributed by atoms with Gasteiger partial charge in [-0.2, -0.15) is 0 Å². The number of para-hydroxylation sites is 1. The van der Waals surface area contributed by atoms with E-state index in [9.17, 15) is 0 Å². The number of benzene rings is 6. The number of rotatable bonds is 9. The lowest BCUT2D eigenvalue weighted by atomic mass is 9.78. The number of hydrogen-bond acceptors (Lipinski definition) is 2. The SMILES string of the molecule is CC(C)(C)c1cc(Oc2cc(C(C)(C)C)c3c4ccccc4n(-c4cc(C(C)(C)C)ccn4)c3c2)cc(-n2[c-][n+](-c3cccc(C(C)(C)c4ccccc4)c3)cc2C(C)(C)c2ccccc2)c1. The summed E-state index contributed by atoms with van der Waals surface area (Å²) in [6.45, 7) is 29.7. The van der Waals surface area contributed by atoms with E-state index in [4.69, 9.17) is 9.72 Å². The van der Waals surface area contributed by atoms with Gasteiger partial charge in [0.25, 0.3) is 6.33 Å². The van der Waals surface area contributed by atoms with Crippen molar-refractivity contribution in [2.45, 2.75) is 117 Å². The molecule has 0 radical (unpaired) electrons. The van der Waals surface area contributed by atoms with E-state index in [1.54, 1.807) is 0 Å². The molecule has 0 saturated carbocycles. The van der Waals surface area contributed by atoms with Crippen LogP contribution in [0.5, 0.6) is 11.5 Å². The molecule has 3 heterocycles. The second-order valence-corrected chi connectivity index (χ2v) is 22.5. The average Bonchev–Trinajstić information content (AvgIpc) is 3.90. The highest BCUT2D eigenvalue weighted by molar-refractivity contribution is 6.11. The van der Waals surface area contributed by atoms with Crippen molar-refractivity contribution >= 4 is 21.8 Å². The Kier molecular flexibility index (Phi) is 11.2. The molecular formula is C62H66N4O. The minimum absolute atomic E-state index is 0.0347. The Balaban J connectivity index is 1.23. The number of ether oxygens (including phenoxy) is 1. The molecule has 67 heavy (non-hydrogen) atoms. The van der Waals surface area contributed by atoms with Crippen LogP contribution in [0.25, 0.3) is 39.0 Å². The van der Waals surface area contributed by atoms with Gasteiger partial charge in [0, 0.05) is 40.1 Å². The third-order valence-corrected chi connectivity index (χ3v) is 13.8. The highest BCUT2D eigenvalue weighted by Gasteiger charge is 2.31. The molecule has 0 aliphatic carbocycles. The van der Waals surface area contributed by atoms with Gasteiger partial charge in [-0.3, -0.25) is 13.7 Å². The summed E-state index contributed by atoms with van der Waals surface area (Å²) in [5.41, 5.74) is 11.7. The van der Waals surface area contributed by atoms with Gasteiger partial charge in [0.15, 0.2) is 0 Å². The first kappa shape index (κ1) is 45.4. The van der Waals surface area contributed by atoms with Crippen LogP contribution >= 0.6 is 0 Å². The molecule has 5 heteroatoms. The second-order valence-electron chi connectivity index (χ2n) is 22.5. The first-order valence-corrected chi connectivity index (χ1v) is 23.8. The van der Waals surface area contributed by atoms with Crippen molar-refractivity contribution in [1.29, 1.82) is 0 Å². The molecule has 0 bridgehead atoms. The molecule has 0 atom stereocenters. The van der Waals surface area contributed by atoms with Gasteiger partial charge >= 0.3 is 0 Å². The molecule has 0 fully saturated rings. The largest absolute Gasteiger partial charge is 0.458 e. The molecule has 0 aliphatic rings. The van der Waals surface area contributed by atoms with E-state index in [2.05, 4.69) is 268 Å². The Morgan fingerprint density at radius 2 is 1.10 bits per heavy atom. The van der Waals surface area contributed by atoms with E-state index < -0.39 is 0 Å². The number of pyridine rings is 1. The molecular weight excluding hydrogens is 817 g/mol. The average molecular weight is 883 g/mol. The fourth-order valence-corrected chi connectivity index (χ4v) is 9.52. The van der Waals surface area contributed by atoms with Gasteiger partial charge in [0.2, 0.25) is 0 Å². The summed E-state index contributed by atoms with van der Waals surface area (Å²) < 4.78 is 14.0. The van der Waals surface area contributed by atoms with Crippen LogP contribution in [0.2, 0.25) is 0 Å². The summed E-state index contributed by atoms with van der Waals surface area (Å²) in [5.74, 6) is 2.44. The van der Waals surface area contributed by atoms with Crippen molar-refractivity contribution in [3.8, 4) is 28.7 Å². The smallest absolute Gasteiger partial charge is 0.269 e. The zero-order valence-electron chi connectivity index (χ0n) is 41.8. The zero-order chi connectivity index (χ0) is 47.7. The Bertz CT molecular complexity index is 3250. The Labute approximate surface area is 398 Å². The minimum atomic E-state index is -0.388. The van der Waals surface area contributed by atoms with Crippen molar-refractivity contribution in [2.24, 2.45) is 0 Å². The third kappa shape index (κ3) is 8.61. The molecule has 340 valence electrons. The van der Waals surface area contributed by atoms with E-state index in [1.807, 2.05) is 6.20 Å². The van der Waals surface area contributed by atoms with Crippen LogP contribution < -0.4 is 9.30 Å². The molecule has 0 saturated heterocycles. The van der Waals surface area contributed by atoms with E-state index in [-0.39, 0.29) is 27.1 Å². The highest BCUT2D eigenvalue weighted by Crippen LogP contribution is 2.43. The molecule has 0 N–H and O–H groups in total. The van der Waals surface area contributed by atoms with E-state index in [1.165, 1.54) is 38.6 Å². The van der Waals surface area contributed by atoms with Crippen molar-refractivity contribution in [2.75, 3.05) is 0 Å². The zero-order valence-corrected chi connectivity index (χ0v) is 41.8. The predicted octanol–water partition coefficient (Wildman–Crippen LogP) is 15.4. The fourth-order valence-electron chi connectivity index (χ4n) is 9.52. The van der Waals surface area contributed by atoms with Crippen molar-refractivity contribution in [3.05, 3.63) is 209 Å². The Morgan fingerprint density at radius 3 is 1.76 bits per heavy atom. The lowest BCUT2D eigenvalue weighted by Gasteiger charge is -2.28. The molecule has 5 nitrogen and oxygen atoms in total. The van der Waals surface area contributed by atoms with Crippen molar-refractivity contribution in [3.63, 3.8) is 0 Å². The number of nitrogens with zero attached hydrogens (tertiary/aromatic N) is 4. The van der Waals surface area contributed by atoms with Crippen LogP contribution in [0.1, 0.15) is 129 Å². The maximum atomic E-state index is 7.21. The van der Waals surface area contributed by atoms with Gasteiger partial charge < -0.3 is 4.74 Å². The third-order valence-electron chi connectivity index (χ3n) is 13.8. The van der Waals surface area contributed by atoms with Gasteiger partial charge in [-0.1, -0.05) is 181 Å². The van der Waals surface area contributed by atoms with Gasteiger partial charge in [0.05, 0.1) is 28.1 Å². The molecule has 9 aromatic rings. The number of imidazole rings is 1. The van der Waals surface area contributed by atoms with E-state index in [0.29, 0.717) is 0 Å². The monoisotopic (exact) mass is 883 g/mol. The van der Waals surface area contributed by atoms with E-state index >= 15 is 0 Å². The quantitative estimate of drug-likeness (QED) is 0.107. The summed E-state index contributed by atoms with van der Waals surface area (Å²) in [6, 6.07) is 54.7. The normalized spacial score (nSPS) is 12.9. The summed E-state index contributed by atoms with van der Waals surface area (Å²) in [7, 11) is 0. The molecule has 9 rings (SSSR count). The van der Waals surface area contributed by atoms with Crippen LogP contribution in [0.15, 0.2) is 164 Å². The second kappa shape index (κ2) is 16.6. The fraction of sp³-hybridized carbons (Fsp3) is 0.290. The standard InChI is InChI=1S/C62H66N4O/c1-58(2,3)44-31-32-63-56(36-44)66-53-30-21-20-29-51(53)57-52(60(7,8)9)38-50(39-54(57)66)67-49-35-46(59(4,5)6)34-48(37-49)65-41-64(40-55(65)62(12,13)43-25-18-15-19-26-43)47-28-22-27-45(33-47)61(10,11)42-23-16-14-17-24-42/h14-40H,1-13H3. The lowest BCUT2D eigenvalue weighted by molar-refractivity contribution is -0.599. The summed E-state index contributed by atoms with van der Waals surface area (Å²) in [5, 5.41) is 2.42. The number of fused-ring (bicyclic) bond motifs is 3. The summed E-state index contributed by atoms with van der Waals surface area (Å²) in [6.07, 6.45) is 8.06. The molecule has 3 aromatic heterocycles. The van der Waals surface area contributed by atoms with Crippen molar-refractivity contribution in [1.82, 2.24) is 14.1 Å². The van der Waals surface area contributed by atoms with Crippen LogP contribution in [0.3, 0.4) is 0 Å². The Hall–Kier alpha value is -6.72. The van der Waals surface area contributed by atoms with Crippen molar-refractivity contribution < 1.29 is 9.30 Å². The van der Waals surface area contributed by atoms with Crippen LogP contribution in [-0.4, -0.2) is 14.1 Å². The maximum Gasteiger partial charge on any atom is 0.269 e. The first-order valence-electron chi connectivity index (χ1n) is 23.8. The predicted molar refractivity (Wildman–Crippen MR) is 278 cm³/mol. The summed E-state index contributed by atoms with van der Waals surface area (Å²) in [4.78, 5) is 5.00. The summed E-state index contributed by atoms with van der Waals surface area (Å²) >= 11 is 0. The molecule has 6 aromatic carbocycles. The topological polar surface area (TPSA) is 35.9 Å². The molecule has 0 aliphatic heterocycles. The molecule has 0 amide bonds. The minimum Gasteiger partial charge on any atom is -0.458 e. The first-order chi connectivity index (χ1) is 31.6. The highest BCUT2D eigenvalue weighted by atomic mass is 16.5. The number of hydrogen-bond donors (Lipinski definition) is 0. The van der Waals surface area contributed by atoms with Crippen LogP contribution in [-0.2, 0) is 27.1 Å². The molecule has 0 unspecified atom stereocenters. The maximum absolute atomic E-state index is 7.21. The lowest BCUT2D eigenvalue weighted by Crippen LogP contribution is -2.30. The van der Waals surface area contributed by atoms with E-state index in [0.717, 1.165) is 51.0 Å². The van der Waals surface area contributed by atoms with Gasteiger partial charge in [-0.15, -0.1) is 0 Å². The Morgan fingerprint density at radius 1 is 0.493 bits per heavy atom.